The summed E-state index contributed by atoms with van der Waals surface area (Å²) in [5.74, 6) is 0. The first-order valence-electron chi connectivity index (χ1n) is 18.4. The minimum Gasteiger partial charge on any atom is -0.247 e. The summed E-state index contributed by atoms with van der Waals surface area (Å²) in [6.45, 7) is 0. The second-order valence-corrected chi connectivity index (χ2v) is 13.8. The second-order valence-electron chi connectivity index (χ2n) is 13.8. The molecule has 0 spiro atoms. The van der Waals surface area contributed by atoms with Crippen LogP contribution in [0.3, 0.4) is 0 Å². The summed E-state index contributed by atoms with van der Waals surface area (Å²) in [6.07, 6.45) is 0. The summed E-state index contributed by atoms with van der Waals surface area (Å²) in [4.78, 5) is 17.4. The SMILES string of the molecule is c1ccc(-c2ccc3ccc4ccc(-c5ccc(-c6nc7ccccc7c7c6cc(-c6ccccc6)c6nn(-c8ccccc8)nc67)cc5)nc4c3n2)cc1. The third-order valence-corrected chi connectivity index (χ3v) is 10.4. The van der Waals surface area contributed by atoms with Crippen LogP contribution in [0.2, 0.25) is 0 Å². The lowest BCUT2D eigenvalue weighted by Gasteiger charge is -2.13. The molecule has 0 N–H and O–H groups in total. The van der Waals surface area contributed by atoms with E-state index in [0.29, 0.717) is 0 Å². The number of hydrogen-bond acceptors (Lipinski definition) is 5. The Balaban J connectivity index is 1.09. The van der Waals surface area contributed by atoms with E-state index in [9.17, 15) is 0 Å². The van der Waals surface area contributed by atoms with E-state index < -0.39 is 0 Å². The predicted molar refractivity (Wildman–Crippen MR) is 224 cm³/mol. The van der Waals surface area contributed by atoms with Crippen molar-refractivity contribution in [2.75, 3.05) is 0 Å². The number of aromatic nitrogens is 6. The average molecular weight is 703 g/mol. The molecule has 0 unspecified atom stereocenters. The van der Waals surface area contributed by atoms with Gasteiger partial charge >= 0.3 is 0 Å². The summed E-state index contributed by atoms with van der Waals surface area (Å²) in [5.41, 5.74) is 13.2. The molecule has 0 aliphatic carbocycles. The van der Waals surface area contributed by atoms with Crippen molar-refractivity contribution in [3.05, 3.63) is 182 Å². The number of fused-ring (bicyclic) bond motifs is 8. The monoisotopic (exact) mass is 702 g/mol. The molecular weight excluding hydrogens is 673 g/mol. The summed E-state index contributed by atoms with van der Waals surface area (Å²) < 4.78 is 0. The Bertz CT molecular complexity index is 3230. The molecule has 0 amide bonds. The van der Waals surface area contributed by atoms with Gasteiger partial charge in [-0.15, -0.1) is 10.2 Å². The molecule has 0 bridgehead atoms. The first-order chi connectivity index (χ1) is 27.2. The van der Waals surface area contributed by atoms with Gasteiger partial charge in [0.1, 0.15) is 11.0 Å². The molecule has 6 nitrogen and oxygen atoms in total. The lowest BCUT2D eigenvalue weighted by Crippen LogP contribution is -1.97. The lowest BCUT2D eigenvalue weighted by atomic mass is 9.93. The van der Waals surface area contributed by atoms with Crippen LogP contribution in [0.5, 0.6) is 0 Å². The van der Waals surface area contributed by atoms with E-state index in [2.05, 4.69) is 121 Å². The fraction of sp³-hybridized carbons (Fsp3) is 0. The highest BCUT2D eigenvalue weighted by Crippen LogP contribution is 2.41. The van der Waals surface area contributed by atoms with Crippen molar-refractivity contribution in [1.82, 2.24) is 29.9 Å². The van der Waals surface area contributed by atoms with E-state index in [4.69, 9.17) is 25.1 Å². The van der Waals surface area contributed by atoms with E-state index >= 15 is 0 Å². The topological polar surface area (TPSA) is 69.4 Å². The quantitative estimate of drug-likeness (QED) is 0.167. The summed E-state index contributed by atoms with van der Waals surface area (Å²) in [6, 6.07) is 62.6. The zero-order chi connectivity index (χ0) is 36.3. The van der Waals surface area contributed by atoms with Crippen molar-refractivity contribution in [3.63, 3.8) is 0 Å². The molecule has 0 aliphatic rings. The third-order valence-electron chi connectivity index (χ3n) is 10.4. The minimum absolute atomic E-state index is 0.841. The van der Waals surface area contributed by atoms with Crippen molar-refractivity contribution in [3.8, 4) is 50.6 Å². The summed E-state index contributed by atoms with van der Waals surface area (Å²) in [5, 5.41) is 15.5. The van der Waals surface area contributed by atoms with Gasteiger partial charge in [-0.2, -0.15) is 4.80 Å². The van der Waals surface area contributed by atoms with Gasteiger partial charge in [-0.25, -0.2) is 15.0 Å². The molecule has 55 heavy (non-hydrogen) atoms. The summed E-state index contributed by atoms with van der Waals surface area (Å²) >= 11 is 0. The van der Waals surface area contributed by atoms with Gasteiger partial charge in [0.2, 0.25) is 0 Å². The van der Waals surface area contributed by atoms with Gasteiger partial charge in [-0.3, -0.25) is 0 Å². The molecule has 6 heteroatoms. The number of benzene rings is 7. The maximum atomic E-state index is 5.31. The van der Waals surface area contributed by atoms with Crippen LogP contribution in [0.4, 0.5) is 0 Å². The highest BCUT2D eigenvalue weighted by molar-refractivity contribution is 6.23. The van der Waals surface area contributed by atoms with E-state index in [-0.39, 0.29) is 0 Å². The van der Waals surface area contributed by atoms with E-state index in [0.717, 1.165) is 105 Å². The fourth-order valence-electron chi connectivity index (χ4n) is 7.72. The van der Waals surface area contributed by atoms with Crippen molar-refractivity contribution < 1.29 is 0 Å². The smallest absolute Gasteiger partial charge is 0.122 e. The van der Waals surface area contributed by atoms with Crippen LogP contribution in [-0.2, 0) is 0 Å². The molecule has 0 aliphatic heterocycles. The van der Waals surface area contributed by atoms with Crippen LogP contribution in [-0.4, -0.2) is 29.9 Å². The highest BCUT2D eigenvalue weighted by atomic mass is 15.5. The Morgan fingerprint density at radius 3 is 1.56 bits per heavy atom. The molecule has 7 aromatic carbocycles. The van der Waals surface area contributed by atoms with Gasteiger partial charge in [0.15, 0.2) is 0 Å². The first kappa shape index (κ1) is 31.0. The van der Waals surface area contributed by atoms with Crippen LogP contribution >= 0.6 is 0 Å². The zero-order valence-corrected chi connectivity index (χ0v) is 29.5. The molecule has 0 saturated heterocycles. The average Bonchev–Trinajstić information content (AvgIpc) is 3.72. The Morgan fingerprint density at radius 2 is 0.891 bits per heavy atom. The molecule has 256 valence electrons. The molecule has 4 aromatic heterocycles. The van der Waals surface area contributed by atoms with Gasteiger partial charge < -0.3 is 0 Å². The second kappa shape index (κ2) is 12.5. The molecule has 0 radical (unpaired) electrons. The Kier molecular flexibility index (Phi) is 7.07. The van der Waals surface area contributed by atoms with Crippen LogP contribution in [0.25, 0.3) is 105 Å². The first-order valence-corrected chi connectivity index (χ1v) is 18.4. The lowest BCUT2D eigenvalue weighted by molar-refractivity contribution is 0.766. The highest BCUT2D eigenvalue weighted by Gasteiger charge is 2.21. The van der Waals surface area contributed by atoms with Gasteiger partial charge in [0, 0.05) is 49.2 Å². The van der Waals surface area contributed by atoms with Crippen LogP contribution in [0, 0.1) is 0 Å². The van der Waals surface area contributed by atoms with Gasteiger partial charge in [-0.05, 0) is 42.0 Å². The van der Waals surface area contributed by atoms with Crippen LogP contribution < -0.4 is 0 Å². The number of para-hydroxylation sites is 2. The predicted octanol–water partition coefficient (Wildman–Crippen LogP) is 11.9. The summed E-state index contributed by atoms with van der Waals surface area (Å²) in [7, 11) is 0. The van der Waals surface area contributed by atoms with Gasteiger partial charge in [-0.1, -0.05) is 146 Å². The van der Waals surface area contributed by atoms with E-state index in [1.807, 2.05) is 60.7 Å². The molecule has 11 aromatic rings. The van der Waals surface area contributed by atoms with Crippen molar-refractivity contribution in [1.29, 1.82) is 0 Å². The Morgan fingerprint density at radius 1 is 0.364 bits per heavy atom. The van der Waals surface area contributed by atoms with E-state index in [1.165, 1.54) is 0 Å². The zero-order valence-electron chi connectivity index (χ0n) is 29.5. The third kappa shape index (κ3) is 5.23. The number of pyridine rings is 3. The minimum atomic E-state index is 0.841. The maximum absolute atomic E-state index is 5.31. The van der Waals surface area contributed by atoms with Crippen molar-refractivity contribution >= 4 is 54.5 Å². The molecule has 0 saturated carbocycles. The van der Waals surface area contributed by atoms with Crippen molar-refractivity contribution in [2.45, 2.75) is 0 Å². The normalized spacial score (nSPS) is 11.6. The largest absolute Gasteiger partial charge is 0.247 e. The number of nitrogens with zero attached hydrogens (tertiary/aromatic N) is 6. The molecule has 0 atom stereocenters. The van der Waals surface area contributed by atoms with Gasteiger partial charge in [0.05, 0.1) is 39.3 Å². The fourth-order valence-corrected chi connectivity index (χ4v) is 7.72. The molecular formula is C49H30N6. The van der Waals surface area contributed by atoms with Gasteiger partial charge in [0.25, 0.3) is 0 Å². The maximum Gasteiger partial charge on any atom is 0.122 e. The Labute approximate surface area is 316 Å². The standard InChI is InChI=1S/C49H30N6/c1-4-12-31(13-5-1)39-30-40-44(49-48(39)53-55(54-49)37-16-8-3-9-17-37)38-18-10-11-19-43(38)52-45(40)34-22-20-33(21-23-34)42-29-27-36-25-24-35-26-28-41(32-14-6-2-7-15-32)50-46(35)47(36)51-42/h1-30H. The van der Waals surface area contributed by atoms with E-state index in [1.54, 1.807) is 4.80 Å². The number of hydrogen-bond donors (Lipinski definition) is 0. The molecule has 11 rings (SSSR count). The number of rotatable bonds is 5. The van der Waals surface area contributed by atoms with Crippen LogP contribution in [0.1, 0.15) is 0 Å². The molecule has 0 fully saturated rings. The van der Waals surface area contributed by atoms with Crippen molar-refractivity contribution in [2.24, 2.45) is 0 Å². The molecule has 4 heterocycles. The van der Waals surface area contributed by atoms with Crippen LogP contribution in [0.15, 0.2) is 182 Å². The Hall–Kier alpha value is -7.57.